The van der Waals surface area contributed by atoms with Crippen molar-refractivity contribution >= 4 is 11.4 Å². The van der Waals surface area contributed by atoms with Crippen LogP contribution in [0.4, 0.5) is 20.2 Å². The minimum atomic E-state index is -0.949. The lowest BCUT2D eigenvalue weighted by Crippen LogP contribution is -2.37. The lowest BCUT2D eigenvalue weighted by molar-refractivity contribution is -0.385. The molecule has 7 heteroatoms. The van der Waals surface area contributed by atoms with E-state index in [0.29, 0.717) is 6.54 Å². The Hall–Kier alpha value is -1.76. The van der Waals surface area contributed by atoms with E-state index in [1.807, 2.05) is 6.92 Å². The van der Waals surface area contributed by atoms with Crippen molar-refractivity contribution in [3.63, 3.8) is 0 Å². The summed E-state index contributed by atoms with van der Waals surface area (Å²) in [5.41, 5.74) is -1.35. The van der Waals surface area contributed by atoms with Gasteiger partial charge in [-0.3, -0.25) is 10.1 Å². The highest BCUT2D eigenvalue weighted by molar-refractivity contribution is 5.53. The Labute approximate surface area is 102 Å². The summed E-state index contributed by atoms with van der Waals surface area (Å²) in [4.78, 5) is 9.64. The van der Waals surface area contributed by atoms with Crippen molar-refractivity contribution in [3.8, 4) is 0 Å². The van der Waals surface area contributed by atoms with Crippen molar-refractivity contribution in [2.24, 2.45) is 0 Å². The molecule has 1 aromatic carbocycles. The number of nitrogens with one attached hydrogen (secondary N) is 2. The van der Waals surface area contributed by atoms with Crippen molar-refractivity contribution in [3.05, 3.63) is 33.9 Å². The van der Waals surface area contributed by atoms with Crippen LogP contribution in [0.15, 0.2) is 12.1 Å². The van der Waals surface area contributed by atoms with Gasteiger partial charge in [-0.05, 0) is 19.9 Å². The molecule has 2 rings (SSSR count). The third-order valence-electron chi connectivity index (χ3n) is 3.03. The third kappa shape index (κ3) is 2.40. The van der Waals surface area contributed by atoms with Crippen LogP contribution >= 0.6 is 0 Å². The van der Waals surface area contributed by atoms with E-state index in [9.17, 15) is 18.9 Å². The largest absolute Gasteiger partial charge is 0.374 e. The summed E-state index contributed by atoms with van der Waals surface area (Å²) in [6.45, 7) is 3.19. The molecule has 5 nitrogen and oxygen atoms in total. The van der Waals surface area contributed by atoms with Gasteiger partial charge in [-0.25, -0.2) is 8.78 Å². The maximum atomic E-state index is 13.7. The van der Waals surface area contributed by atoms with Gasteiger partial charge in [0.05, 0.1) is 17.1 Å². The summed E-state index contributed by atoms with van der Waals surface area (Å²) in [5.74, 6) is -1.90. The van der Waals surface area contributed by atoms with E-state index in [4.69, 9.17) is 0 Å². The van der Waals surface area contributed by atoms with Gasteiger partial charge in [0.15, 0.2) is 11.6 Å². The molecule has 1 atom stereocenters. The fraction of sp³-hybridized carbons (Fsp3) is 0.455. The zero-order valence-corrected chi connectivity index (χ0v) is 9.80. The lowest BCUT2D eigenvalue weighted by Gasteiger charge is -2.26. The maximum absolute atomic E-state index is 13.7. The van der Waals surface area contributed by atoms with Gasteiger partial charge in [0.25, 0.3) is 5.69 Å². The topological polar surface area (TPSA) is 67.2 Å². The minimum absolute atomic E-state index is 0.313. The molecule has 1 fully saturated rings. The van der Waals surface area contributed by atoms with Crippen molar-refractivity contribution < 1.29 is 13.7 Å². The van der Waals surface area contributed by atoms with Crippen LogP contribution in [0.2, 0.25) is 0 Å². The number of hydrogen-bond acceptors (Lipinski definition) is 4. The fourth-order valence-corrected chi connectivity index (χ4v) is 2.01. The van der Waals surface area contributed by atoms with Crippen LogP contribution in [-0.4, -0.2) is 23.6 Å². The summed E-state index contributed by atoms with van der Waals surface area (Å²) in [7, 11) is 0. The Balaban J connectivity index is 2.31. The number of nitro benzene ring substituents is 1. The highest BCUT2D eigenvalue weighted by atomic mass is 19.1. The van der Waals surface area contributed by atoms with Crippen molar-refractivity contribution in [1.29, 1.82) is 0 Å². The molecule has 98 valence electrons. The van der Waals surface area contributed by atoms with Crippen LogP contribution in [0.5, 0.6) is 0 Å². The van der Waals surface area contributed by atoms with Crippen LogP contribution in [0, 0.1) is 21.7 Å². The van der Waals surface area contributed by atoms with Crippen LogP contribution < -0.4 is 10.6 Å². The molecule has 0 aromatic heterocycles. The first-order chi connectivity index (χ1) is 8.41. The normalized spacial score (nSPS) is 23.1. The summed E-state index contributed by atoms with van der Waals surface area (Å²) >= 11 is 0. The molecule has 2 N–H and O–H groups in total. The number of benzene rings is 1. The number of hydrogen-bond donors (Lipinski definition) is 2. The molecule has 1 unspecified atom stereocenters. The SMILES string of the molecule is CC1(Nc2c(F)cc([N+](=O)[O-])cc2F)CCNC1. The summed E-state index contributed by atoms with van der Waals surface area (Å²) < 4.78 is 27.3. The molecule has 0 bridgehead atoms. The van der Waals surface area contributed by atoms with Gasteiger partial charge in [0.1, 0.15) is 5.69 Å². The molecule has 0 amide bonds. The molecule has 1 aromatic rings. The monoisotopic (exact) mass is 257 g/mol. The molecular weight excluding hydrogens is 244 g/mol. The van der Waals surface area contributed by atoms with E-state index in [-0.39, 0.29) is 5.69 Å². The second-order valence-corrected chi connectivity index (χ2v) is 4.65. The summed E-state index contributed by atoms with van der Waals surface area (Å²) in [6, 6.07) is 1.44. The average Bonchev–Trinajstić information content (AvgIpc) is 2.70. The Morgan fingerprint density at radius 2 is 2.06 bits per heavy atom. The molecular formula is C11H13F2N3O2. The van der Waals surface area contributed by atoms with Gasteiger partial charge in [-0.2, -0.15) is 0 Å². The molecule has 0 saturated carbocycles. The lowest BCUT2D eigenvalue weighted by atomic mass is 10.0. The average molecular weight is 257 g/mol. The first-order valence-electron chi connectivity index (χ1n) is 5.54. The van der Waals surface area contributed by atoms with Crippen LogP contribution in [-0.2, 0) is 0 Å². The predicted molar refractivity (Wildman–Crippen MR) is 62.5 cm³/mol. The first kappa shape index (κ1) is 12.7. The fourth-order valence-electron chi connectivity index (χ4n) is 2.01. The van der Waals surface area contributed by atoms with Gasteiger partial charge in [-0.15, -0.1) is 0 Å². The standard InChI is InChI=1S/C11H13F2N3O2/c1-11(2-3-14-6-11)15-10-8(12)4-7(16(17)18)5-9(10)13/h4-5,14-15H,2-3,6H2,1H3. The number of nitro groups is 1. The quantitative estimate of drug-likeness (QED) is 0.642. The zero-order valence-electron chi connectivity index (χ0n) is 9.80. The smallest absolute Gasteiger partial charge is 0.275 e. The molecule has 0 aliphatic carbocycles. The first-order valence-corrected chi connectivity index (χ1v) is 5.54. The van der Waals surface area contributed by atoms with Gasteiger partial charge in [-0.1, -0.05) is 0 Å². The highest BCUT2D eigenvalue weighted by Gasteiger charge is 2.30. The predicted octanol–water partition coefficient (Wildman–Crippen LogP) is 2.04. The number of nitrogens with zero attached hydrogens (tertiary/aromatic N) is 1. The highest BCUT2D eigenvalue weighted by Crippen LogP contribution is 2.29. The Morgan fingerprint density at radius 1 is 1.44 bits per heavy atom. The second kappa shape index (κ2) is 4.49. The van der Waals surface area contributed by atoms with E-state index in [1.165, 1.54) is 0 Å². The molecule has 1 heterocycles. The van der Waals surface area contributed by atoms with Gasteiger partial charge in [0, 0.05) is 12.1 Å². The molecule has 0 radical (unpaired) electrons. The summed E-state index contributed by atoms with van der Waals surface area (Å²) in [5, 5.41) is 16.3. The minimum Gasteiger partial charge on any atom is -0.374 e. The number of rotatable bonds is 3. The number of anilines is 1. The van der Waals surface area contributed by atoms with E-state index in [0.717, 1.165) is 25.1 Å². The Morgan fingerprint density at radius 3 is 2.50 bits per heavy atom. The zero-order chi connectivity index (χ0) is 13.3. The van der Waals surface area contributed by atoms with Gasteiger partial charge in [0.2, 0.25) is 0 Å². The molecule has 1 aliphatic rings. The van der Waals surface area contributed by atoms with E-state index < -0.39 is 27.8 Å². The van der Waals surface area contributed by atoms with Crippen molar-refractivity contribution in [2.45, 2.75) is 18.9 Å². The van der Waals surface area contributed by atoms with Crippen LogP contribution in [0.3, 0.4) is 0 Å². The number of non-ortho nitro benzene ring substituents is 1. The van der Waals surface area contributed by atoms with E-state index >= 15 is 0 Å². The molecule has 1 aliphatic heterocycles. The van der Waals surface area contributed by atoms with Crippen molar-refractivity contribution in [2.75, 3.05) is 18.4 Å². The Bertz CT molecular complexity index is 464. The molecule has 0 spiro atoms. The van der Waals surface area contributed by atoms with Gasteiger partial charge < -0.3 is 10.6 Å². The molecule has 18 heavy (non-hydrogen) atoms. The summed E-state index contributed by atoms with van der Waals surface area (Å²) in [6.07, 6.45) is 0.725. The Kier molecular flexibility index (Phi) is 3.16. The molecule has 1 saturated heterocycles. The van der Waals surface area contributed by atoms with Crippen LogP contribution in [0.25, 0.3) is 0 Å². The second-order valence-electron chi connectivity index (χ2n) is 4.65. The van der Waals surface area contributed by atoms with Crippen LogP contribution in [0.1, 0.15) is 13.3 Å². The van der Waals surface area contributed by atoms with Gasteiger partial charge >= 0.3 is 0 Å². The maximum Gasteiger partial charge on any atom is 0.275 e. The van der Waals surface area contributed by atoms with E-state index in [2.05, 4.69) is 10.6 Å². The number of halogens is 2. The van der Waals surface area contributed by atoms with Crippen molar-refractivity contribution in [1.82, 2.24) is 5.32 Å². The van der Waals surface area contributed by atoms with E-state index in [1.54, 1.807) is 0 Å². The third-order valence-corrected chi connectivity index (χ3v) is 3.03.